The van der Waals surface area contributed by atoms with Crippen LogP contribution in [-0.2, 0) is 14.3 Å². The molecule has 0 aromatic carbocycles. The molecule has 4 nitrogen and oxygen atoms in total. The number of methoxy groups -OCH3 is 1. The van der Waals surface area contributed by atoms with Crippen molar-refractivity contribution in [3.05, 3.63) is 0 Å². The first-order chi connectivity index (χ1) is 7.61. The van der Waals surface area contributed by atoms with E-state index >= 15 is 0 Å². The summed E-state index contributed by atoms with van der Waals surface area (Å²) in [7, 11) is 1.39. The smallest absolute Gasteiger partial charge is 0.305 e. The van der Waals surface area contributed by atoms with Gasteiger partial charge in [0, 0.05) is 12.8 Å². The first kappa shape index (κ1) is 11.4. The van der Waals surface area contributed by atoms with Gasteiger partial charge in [0.25, 0.3) is 0 Å². The van der Waals surface area contributed by atoms with Crippen LogP contribution >= 0.6 is 0 Å². The quantitative estimate of drug-likeness (QED) is 0.741. The van der Waals surface area contributed by atoms with Gasteiger partial charge >= 0.3 is 11.9 Å². The van der Waals surface area contributed by atoms with Crippen molar-refractivity contribution < 1.29 is 19.4 Å². The Labute approximate surface area is 95.0 Å². The van der Waals surface area contributed by atoms with Gasteiger partial charge < -0.3 is 9.84 Å². The Kier molecular flexibility index (Phi) is 3.17. The fourth-order valence-corrected chi connectivity index (χ4v) is 3.64. The molecule has 16 heavy (non-hydrogen) atoms. The maximum absolute atomic E-state index is 11.3. The standard InChI is InChI=1S/C12H18O4/c1-16-12(15)6-10-8-3-2-7(4-8)9(10)5-11(13)14/h7-10H,2-6H2,1H3,(H,13,14). The molecule has 0 saturated heterocycles. The molecule has 4 unspecified atom stereocenters. The molecule has 0 aliphatic heterocycles. The van der Waals surface area contributed by atoms with Crippen molar-refractivity contribution in [3.63, 3.8) is 0 Å². The lowest BCUT2D eigenvalue weighted by atomic mass is 9.76. The van der Waals surface area contributed by atoms with E-state index in [-0.39, 0.29) is 24.2 Å². The van der Waals surface area contributed by atoms with Gasteiger partial charge in [0.1, 0.15) is 0 Å². The minimum atomic E-state index is -0.743. The molecule has 0 aromatic rings. The topological polar surface area (TPSA) is 63.6 Å². The number of ether oxygens (including phenoxy) is 1. The van der Waals surface area contributed by atoms with Crippen molar-refractivity contribution in [1.82, 2.24) is 0 Å². The third-order valence-corrected chi connectivity index (χ3v) is 4.32. The minimum absolute atomic E-state index is 0.190. The Balaban J connectivity index is 2.02. The molecule has 2 aliphatic carbocycles. The fourth-order valence-electron chi connectivity index (χ4n) is 3.64. The zero-order valence-corrected chi connectivity index (χ0v) is 9.52. The summed E-state index contributed by atoms with van der Waals surface area (Å²) in [4.78, 5) is 22.1. The molecule has 0 spiro atoms. The van der Waals surface area contributed by atoms with E-state index in [9.17, 15) is 9.59 Å². The zero-order valence-electron chi connectivity index (χ0n) is 9.52. The molecule has 0 aromatic heterocycles. The van der Waals surface area contributed by atoms with E-state index in [0.717, 1.165) is 19.3 Å². The van der Waals surface area contributed by atoms with Crippen molar-refractivity contribution >= 4 is 11.9 Å². The minimum Gasteiger partial charge on any atom is -0.481 e. The SMILES string of the molecule is COC(=O)CC1C2CCC(C2)C1CC(=O)O. The Morgan fingerprint density at radius 1 is 1.19 bits per heavy atom. The summed E-state index contributed by atoms with van der Waals surface area (Å²) in [6.07, 6.45) is 4.01. The number of carboxylic acids is 1. The van der Waals surface area contributed by atoms with E-state index in [0.29, 0.717) is 18.3 Å². The van der Waals surface area contributed by atoms with Gasteiger partial charge in [0.2, 0.25) is 0 Å². The molecule has 0 heterocycles. The van der Waals surface area contributed by atoms with Gasteiger partial charge in [-0.05, 0) is 42.9 Å². The molecular weight excluding hydrogens is 208 g/mol. The van der Waals surface area contributed by atoms with Gasteiger partial charge in [-0.15, -0.1) is 0 Å². The molecule has 90 valence electrons. The monoisotopic (exact) mass is 226 g/mol. The largest absolute Gasteiger partial charge is 0.481 e. The van der Waals surface area contributed by atoms with Crippen molar-refractivity contribution in [1.29, 1.82) is 0 Å². The van der Waals surface area contributed by atoms with Crippen LogP contribution in [-0.4, -0.2) is 24.2 Å². The van der Waals surface area contributed by atoms with E-state index in [4.69, 9.17) is 5.11 Å². The van der Waals surface area contributed by atoms with Crippen LogP contribution in [0.3, 0.4) is 0 Å². The van der Waals surface area contributed by atoms with E-state index in [1.54, 1.807) is 0 Å². The summed E-state index contributed by atoms with van der Waals surface area (Å²) < 4.78 is 4.69. The lowest BCUT2D eigenvalue weighted by Gasteiger charge is -2.29. The number of hydrogen-bond donors (Lipinski definition) is 1. The Morgan fingerprint density at radius 3 is 2.25 bits per heavy atom. The van der Waals surface area contributed by atoms with Crippen LogP contribution in [0, 0.1) is 23.7 Å². The third kappa shape index (κ3) is 2.06. The van der Waals surface area contributed by atoms with Crippen molar-refractivity contribution in [2.75, 3.05) is 7.11 Å². The Hall–Kier alpha value is -1.06. The molecule has 0 radical (unpaired) electrons. The predicted octanol–water partition coefficient (Wildman–Crippen LogP) is 1.69. The number of rotatable bonds is 4. The van der Waals surface area contributed by atoms with Gasteiger partial charge in [0.15, 0.2) is 0 Å². The molecule has 1 N–H and O–H groups in total. The highest BCUT2D eigenvalue weighted by Crippen LogP contribution is 2.54. The summed E-state index contributed by atoms with van der Waals surface area (Å²) in [5.41, 5.74) is 0. The fraction of sp³-hybridized carbons (Fsp3) is 0.833. The van der Waals surface area contributed by atoms with Crippen LogP contribution in [0.4, 0.5) is 0 Å². The van der Waals surface area contributed by atoms with E-state index < -0.39 is 5.97 Å². The Bertz CT molecular complexity index is 299. The van der Waals surface area contributed by atoms with Crippen LogP contribution in [0.15, 0.2) is 0 Å². The summed E-state index contributed by atoms with van der Waals surface area (Å²) in [5.74, 6) is 0.558. The lowest BCUT2D eigenvalue weighted by Crippen LogP contribution is -2.27. The average molecular weight is 226 g/mol. The normalized spacial score (nSPS) is 36.3. The zero-order chi connectivity index (χ0) is 11.7. The van der Waals surface area contributed by atoms with Crippen LogP contribution in [0.2, 0.25) is 0 Å². The summed E-state index contributed by atoms with van der Waals surface area (Å²) >= 11 is 0. The highest BCUT2D eigenvalue weighted by atomic mass is 16.5. The first-order valence-corrected chi connectivity index (χ1v) is 5.90. The van der Waals surface area contributed by atoms with E-state index in [1.807, 2.05) is 0 Å². The molecule has 2 aliphatic rings. The summed E-state index contributed by atoms with van der Waals surface area (Å²) in [5, 5.41) is 8.89. The number of esters is 1. The second-order valence-corrected chi connectivity index (χ2v) is 5.04. The average Bonchev–Trinajstić information content (AvgIpc) is 2.80. The first-order valence-electron chi connectivity index (χ1n) is 5.90. The van der Waals surface area contributed by atoms with Crippen molar-refractivity contribution in [2.45, 2.75) is 32.1 Å². The van der Waals surface area contributed by atoms with Gasteiger partial charge in [0.05, 0.1) is 7.11 Å². The Morgan fingerprint density at radius 2 is 1.75 bits per heavy atom. The lowest BCUT2D eigenvalue weighted by molar-refractivity contribution is -0.144. The molecule has 0 amide bonds. The molecule has 2 bridgehead atoms. The molecule has 2 saturated carbocycles. The number of carbonyl (C=O) groups is 2. The van der Waals surface area contributed by atoms with Gasteiger partial charge in [-0.2, -0.15) is 0 Å². The summed E-state index contributed by atoms with van der Waals surface area (Å²) in [6.45, 7) is 0. The van der Waals surface area contributed by atoms with Crippen molar-refractivity contribution in [3.8, 4) is 0 Å². The third-order valence-electron chi connectivity index (χ3n) is 4.32. The number of carboxylic acid groups (broad SMARTS) is 1. The molecule has 4 atom stereocenters. The highest BCUT2D eigenvalue weighted by molar-refractivity contribution is 5.70. The number of aliphatic carboxylic acids is 1. The van der Waals surface area contributed by atoms with Crippen molar-refractivity contribution in [2.24, 2.45) is 23.7 Å². The van der Waals surface area contributed by atoms with Crippen LogP contribution in [0.25, 0.3) is 0 Å². The number of carbonyl (C=O) groups excluding carboxylic acids is 1. The van der Waals surface area contributed by atoms with Gasteiger partial charge in [-0.3, -0.25) is 9.59 Å². The van der Waals surface area contributed by atoms with Gasteiger partial charge in [-0.1, -0.05) is 0 Å². The molecular formula is C12H18O4. The molecule has 2 fully saturated rings. The van der Waals surface area contributed by atoms with Crippen LogP contribution in [0.5, 0.6) is 0 Å². The maximum Gasteiger partial charge on any atom is 0.305 e. The van der Waals surface area contributed by atoms with Crippen LogP contribution in [0.1, 0.15) is 32.1 Å². The summed E-state index contributed by atoms with van der Waals surface area (Å²) in [6, 6.07) is 0. The van der Waals surface area contributed by atoms with Gasteiger partial charge in [-0.25, -0.2) is 0 Å². The molecule has 4 heteroatoms. The number of fused-ring (bicyclic) bond motifs is 2. The predicted molar refractivity (Wildman–Crippen MR) is 56.7 cm³/mol. The van der Waals surface area contributed by atoms with E-state index in [2.05, 4.69) is 4.74 Å². The van der Waals surface area contributed by atoms with E-state index in [1.165, 1.54) is 7.11 Å². The second kappa shape index (κ2) is 4.44. The number of hydrogen-bond acceptors (Lipinski definition) is 3. The maximum atomic E-state index is 11.3. The highest BCUT2D eigenvalue weighted by Gasteiger charge is 2.48. The van der Waals surface area contributed by atoms with Crippen LogP contribution < -0.4 is 0 Å². The molecule has 2 rings (SSSR count). The second-order valence-electron chi connectivity index (χ2n) is 5.04.